The van der Waals surface area contributed by atoms with Crippen LogP contribution in [0.1, 0.15) is 44.9 Å². The van der Waals surface area contributed by atoms with Gasteiger partial charge in [0, 0.05) is 19.5 Å². The summed E-state index contributed by atoms with van der Waals surface area (Å²) in [7, 11) is 0. The van der Waals surface area contributed by atoms with Crippen molar-refractivity contribution in [2.45, 2.75) is 63.2 Å². The molecule has 3 rings (SSSR count). The highest BCUT2D eigenvalue weighted by Crippen LogP contribution is 2.29. The van der Waals surface area contributed by atoms with E-state index < -0.39 is 0 Å². The number of hydrogen-bond acceptors (Lipinski definition) is 3. The minimum Gasteiger partial charge on any atom is -0.372 e. The van der Waals surface area contributed by atoms with E-state index >= 15 is 0 Å². The van der Waals surface area contributed by atoms with Gasteiger partial charge in [0.1, 0.15) is 5.78 Å². The molecule has 0 radical (unpaired) electrons. The van der Waals surface area contributed by atoms with E-state index in [1.54, 1.807) is 0 Å². The number of ketones is 1. The van der Waals surface area contributed by atoms with Crippen LogP contribution in [0.4, 0.5) is 0 Å². The average Bonchev–Trinajstić information content (AvgIpc) is 2.51. The molecule has 3 nitrogen and oxygen atoms in total. The van der Waals surface area contributed by atoms with Crippen molar-refractivity contribution in [1.82, 2.24) is 4.90 Å². The topological polar surface area (TPSA) is 29.5 Å². The lowest BCUT2D eigenvalue weighted by Crippen LogP contribution is -2.50. The fourth-order valence-electron chi connectivity index (χ4n) is 3.43. The summed E-state index contributed by atoms with van der Waals surface area (Å²) in [4.78, 5) is 14.5. The SMILES string of the molecule is O=C1CCCCCC1N1CC2CCC(C1)O2. The van der Waals surface area contributed by atoms with Crippen molar-refractivity contribution in [1.29, 1.82) is 0 Å². The van der Waals surface area contributed by atoms with E-state index in [2.05, 4.69) is 4.90 Å². The lowest BCUT2D eigenvalue weighted by Gasteiger charge is -2.36. The smallest absolute Gasteiger partial charge is 0.149 e. The summed E-state index contributed by atoms with van der Waals surface area (Å²) in [5.74, 6) is 0.485. The molecular weight excluding hydrogens is 202 g/mol. The summed E-state index contributed by atoms with van der Waals surface area (Å²) in [6.07, 6.45) is 8.67. The first-order valence-corrected chi connectivity index (χ1v) is 6.75. The molecule has 2 aliphatic heterocycles. The molecule has 2 saturated heterocycles. The third-order valence-corrected chi connectivity index (χ3v) is 4.28. The van der Waals surface area contributed by atoms with Crippen LogP contribution in [0, 0.1) is 0 Å². The Morgan fingerprint density at radius 3 is 2.50 bits per heavy atom. The number of carbonyl (C=O) groups is 1. The molecule has 3 atom stereocenters. The fraction of sp³-hybridized carbons (Fsp3) is 0.923. The van der Waals surface area contributed by atoms with Crippen LogP contribution in [0.5, 0.6) is 0 Å². The summed E-state index contributed by atoms with van der Waals surface area (Å²) in [6, 6.07) is 0.217. The number of ether oxygens (including phenoxy) is 1. The van der Waals surface area contributed by atoms with Crippen molar-refractivity contribution in [2.24, 2.45) is 0 Å². The van der Waals surface area contributed by atoms with Crippen LogP contribution in [-0.2, 0) is 9.53 Å². The second-order valence-electron chi connectivity index (χ2n) is 5.49. The number of likely N-dealkylation sites (tertiary alicyclic amines) is 1. The number of fused-ring (bicyclic) bond motifs is 2. The maximum atomic E-state index is 12.1. The summed E-state index contributed by atoms with van der Waals surface area (Å²) in [5.41, 5.74) is 0. The number of hydrogen-bond donors (Lipinski definition) is 0. The standard InChI is InChI=1S/C13H21NO2/c15-13-5-3-1-2-4-12(13)14-8-10-6-7-11(9-14)16-10/h10-12H,1-9H2. The number of rotatable bonds is 1. The van der Waals surface area contributed by atoms with Gasteiger partial charge in [0.25, 0.3) is 0 Å². The Labute approximate surface area is 97.1 Å². The highest BCUT2D eigenvalue weighted by molar-refractivity contribution is 5.84. The van der Waals surface area contributed by atoms with E-state index in [4.69, 9.17) is 4.74 Å². The normalized spacial score (nSPS) is 41.0. The summed E-state index contributed by atoms with van der Waals surface area (Å²) in [6.45, 7) is 1.99. The molecule has 3 aliphatic rings. The molecule has 3 unspecified atom stereocenters. The van der Waals surface area contributed by atoms with Crippen molar-refractivity contribution >= 4 is 5.78 Å². The monoisotopic (exact) mass is 223 g/mol. The molecule has 0 aromatic heterocycles. The van der Waals surface area contributed by atoms with Crippen LogP contribution in [0.2, 0.25) is 0 Å². The molecule has 0 amide bonds. The first-order chi connectivity index (χ1) is 7.83. The number of morpholine rings is 1. The van der Waals surface area contributed by atoms with Crippen LogP contribution in [0.3, 0.4) is 0 Å². The number of Topliss-reactive ketones (excluding diaryl/α,β-unsaturated/α-hetero) is 1. The summed E-state index contributed by atoms with van der Waals surface area (Å²) < 4.78 is 5.83. The fourth-order valence-corrected chi connectivity index (χ4v) is 3.43. The van der Waals surface area contributed by atoms with Crippen LogP contribution in [-0.4, -0.2) is 42.0 Å². The van der Waals surface area contributed by atoms with Crippen molar-refractivity contribution < 1.29 is 9.53 Å². The van der Waals surface area contributed by atoms with Crippen LogP contribution in [0.25, 0.3) is 0 Å². The molecular formula is C13H21NO2. The van der Waals surface area contributed by atoms with E-state index in [-0.39, 0.29) is 6.04 Å². The first-order valence-electron chi connectivity index (χ1n) is 6.75. The third kappa shape index (κ3) is 2.03. The second kappa shape index (κ2) is 4.46. The van der Waals surface area contributed by atoms with Crippen molar-refractivity contribution in [2.75, 3.05) is 13.1 Å². The van der Waals surface area contributed by atoms with Crippen LogP contribution >= 0.6 is 0 Å². The van der Waals surface area contributed by atoms with Gasteiger partial charge in [-0.25, -0.2) is 0 Å². The predicted molar refractivity (Wildman–Crippen MR) is 61.3 cm³/mol. The van der Waals surface area contributed by atoms with Crippen molar-refractivity contribution in [3.63, 3.8) is 0 Å². The van der Waals surface area contributed by atoms with Crippen LogP contribution < -0.4 is 0 Å². The van der Waals surface area contributed by atoms with Gasteiger partial charge in [0.05, 0.1) is 18.2 Å². The molecule has 0 aromatic carbocycles. The second-order valence-corrected chi connectivity index (χ2v) is 5.49. The third-order valence-electron chi connectivity index (χ3n) is 4.28. The maximum absolute atomic E-state index is 12.1. The minimum absolute atomic E-state index is 0.217. The molecule has 0 spiro atoms. The van der Waals surface area contributed by atoms with Crippen molar-refractivity contribution in [3.8, 4) is 0 Å². The summed E-state index contributed by atoms with van der Waals surface area (Å²) >= 11 is 0. The van der Waals surface area contributed by atoms with E-state index in [0.717, 1.165) is 32.4 Å². The zero-order valence-electron chi connectivity index (χ0n) is 9.86. The van der Waals surface area contributed by atoms with E-state index in [9.17, 15) is 4.79 Å². The Hall–Kier alpha value is -0.410. The maximum Gasteiger partial charge on any atom is 0.149 e. The molecule has 90 valence electrons. The lowest BCUT2D eigenvalue weighted by atomic mass is 10.0. The zero-order chi connectivity index (χ0) is 11.0. The molecule has 2 heterocycles. The lowest BCUT2D eigenvalue weighted by molar-refractivity contribution is -0.128. The Morgan fingerprint density at radius 1 is 1.00 bits per heavy atom. The van der Waals surface area contributed by atoms with Gasteiger partial charge in [0.15, 0.2) is 0 Å². The largest absolute Gasteiger partial charge is 0.372 e. The molecule has 16 heavy (non-hydrogen) atoms. The van der Waals surface area contributed by atoms with E-state index in [1.165, 1.54) is 25.7 Å². The molecule has 0 aromatic rings. The van der Waals surface area contributed by atoms with E-state index in [0.29, 0.717) is 18.0 Å². The Balaban J connectivity index is 1.68. The van der Waals surface area contributed by atoms with E-state index in [1.807, 2.05) is 0 Å². The molecule has 1 aliphatic carbocycles. The Morgan fingerprint density at radius 2 is 1.75 bits per heavy atom. The van der Waals surface area contributed by atoms with Gasteiger partial charge in [-0.2, -0.15) is 0 Å². The highest BCUT2D eigenvalue weighted by atomic mass is 16.5. The Kier molecular flexibility index (Phi) is 2.99. The molecule has 1 saturated carbocycles. The summed E-state index contributed by atoms with van der Waals surface area (Å²) in [5, 5.41) is 0. The molecule has 3 fully saturated rings. The predicted octanol–water partition coefficient (Wildman–Crippen LogP) is 1.75. The zero-order valence-corrected chi connectivity index (χ0v) is 9.86. The van der Waals surface area contributed by atoms with Gasteiger partial charge in [-0.3, -0.25) is 9.69 Å². The highest BCUT2D eigenvalue weighted by Gasteiger charge is 2.38. The van der Waals surface area contributed by atoms with Gasteiger partial charge in [0.2, 0.25) is 0 Å². The van der Waals surface area contributed by atoms with Gasteiger partial charge in [-0.05, 0) is 25.7 Å². The molecule has 0 N–H and O–H groups in total. The number of nitrogens with zero attached hydrogens (tertiary/aromatic N) is 1. The Bertz CT molecular complexity index is 267. The van der Waals surface area contributed by atoms with Gasteiger partial charge in [-0.1, -0.05) is 12.8 Å². The first kappa shape index (κ1) is 10.7. The van der Waals surface area contributed by atoms with Gasteiger partial charge >= 0.3 is 0 Å². The average molecular weight is 223 g/mol. The minimum atomic E-state index is 0.217. The van der Waals surface area contributed by atoms with Gasteiger partial charge < -0.3 is 4.74 Å². The number of carbonyl (C=O) groups excluding carboxylic acids is 1. The molecule has 2 bridgehead atoms. The van der Waals surface area contributed by atoms with Gasteiger partial charge in [-0.15, -0.1) is 0 Å². The van der Waals surface area contributed by atoms with Crippen LogP contribution in [0.15, 0.2) is 0 Å². The molecule has 3 heteroatoms. The van der Waals surface area contributed by atoms with Crippen molar-refractivity contribution in [3.05, 3.63) is 0 Å². The quantitative estimate of drug-likeness (QED) is 0.634.